The second kappa shape index (κ2) is 6.48. The number of hydrogen-bond donors (Lipinski definition) is 3. The molecular formula is C17H17N3O3. The van der Waals surface area contributed by atoms with Crippen molar-refractivity contribution in [3.63, 3.8) is 0 Å². The summed E-state index contributed by atoms with van der Waals surface area (Å²) in [7, 11) is 0. The zero-order valence-corrected chi connectivity index (χ0v) is 12.5. The summed E-state index contributed by atoms with van der Waals surface area (Å²) in [5.74, 6) is -0.524. The molecule has 4 amide bonds. The topological polar surface area (TPSA) is 87.3 Å². The first-order valence-electron chi connectivity index (χ1n) is 7.48. The van der Waals surface area contributed by atoms with E-state index in [4.69, 9.17) is 0 Å². The van der Waals surface area contributed by atoms with Gasteiger partial charge in [-0.25, -0.2) is 4.79 Å². The van der Waals surface area contributed by atoms with Crippen LogP contribution in [0.2, 0.25) is 0 Å². The molecule has 3 N–H and O–H groups in total. The number of fused-ring (bicyclic) bond motifs is 1. The van der Waals surface area contributed by atoms with Crippen molar-refractivity contribution in [2.45, 2.75) is 25.4 Å². The first kappa shape index (κ1) is 15.0. The number of carbonyl (C=O) groups excluding carboxylic acids is 3. The fourth-order valence-electron chi connectivity index (χ4n) is 2.67. The van der Waals surface area contributed by atoms with E-state index in [0.717, 1.165) is 16.3 Å². The minimum atomic E-state index is -0.620. The van der Waals surface area contributed by atoms with Crippen LogP contribution in [0.3, 0.4) is 0 Å². The second-order valence-corrected chi connectivity index (χ2v) is 5.47. The number of amides is 4. The maximum Gasteiger partial charge on any atom is 0.322 e. The van der Waals surface area contributed by atoms with Crippen molar-refractivity contribution < 1.29 is 14.4 Å². The highest BCUT2D eigenvalue weighted by atomic mass is 16.2. The van der Waals surface area contributed by atoms with Crippen molar-refractivity contribution in [2.75, 3.05) is 0 Å². The third kappa shape index (κ3) is 3.48. The maximum atomic E-state index is 11.9. The molecule has 23 heavy (non-hydrogen) atoms. The van der Waals surface area contributed by atoms with E-state index < -0.39 is 12.1 Å². The summed E-state index contributed by atoms with van der Waals surface area (Å²) in [5.41, 5.74) is 1.04. The highest BCUT2D eigenvalue weighted by Crippen LogP contribution is 2.18. The van der Waals surface area contributed by atoms with E-state index in [1.54, 1.807) is 0 Å². The maximum absolute atomic E-state index is 11.9. The summed E-state index contributed by atoms with van der Waals surface area (Å²) in [6, 6.07) is 12.8. The zero-order chi connectivity index (χ0) is 16.2. The first-order chi connectivity index (χ1) is 11.1. The van der Waals surface area contributed by atoms with Crippen LogP contribution in [0.5, 0.6) is 0 Å². The van der Waals surface area contributed by atoms with Crippen molar-refractivity contribution >= 4 is 28.6 Å². The summed E-state index contributed by atoms with van der Waals surface area (Å²) < 4.78 is 0. The van der Waals surface area contributed by atoms with Gasteiger partial charge in [0.2, 0.25) is 5.91 Å². The van der Waals surface area contributed by atoms with Crippen molar-refractivity contribution in [3.05, 3.63) is 48.0 Å². The number of urea groups is 1. The lowest BCUT2D eigenvalue weighted by Gasteiger charge is -2.10. The van der Waals surface area contributed by atoms with Gasteiger partial charge in [-0.05, 0) is 22.8 Å². The van der Waals surface area contributed by atoms with Crippen LogP contribution < -0.4 is 16.0 Å². The van der Waals surface area contributed by atoms with E-state index in [1.165, 1.54) is 0 Å². The average molecular weight is 311 g/mol. The molecule has 1 aliphatic heterocycles. The summed E-state index contributed by atoms with van der Waals surface area (Å²) in [4.78, 5) is 34.3. The zero-order valence-electron chi connectivity index (χ0n) is 12.5. The molecular weight excluding hydrogens is 294 g/mol. The summed E-state index contributed by atoms with van der Waals surface area (Å²) in [5, 5.41) is 9.72. The Balaban J connectivity index is 1.54. The Kier molecular flexibility index (Phi) is 4.23. The van der Waals surface area contributed by atoms with Crippen molar-refractivity contribution in [3.8, 4) is 0 Å². The summed E-state index contributed by atoms with van der Waals surface area (Å²) in [6.45, 7) is 0.434. The van der Waals surface area contributed by atoms with Crippen LogP contribution in [0.25, 0.3) is 10.8 Å². The van der Waals surface area contributed by atoms with Gasteiger partial charge in [-0.1, -0.05) is 42.5 Å². The Hall–Kier alpha value is -2.89. The summed E-state index contributed by atoms with van der Waals surface area (Å²) in [6.07, 6.45) is 0.474. The number of imide groups is 1. The number of benzene rings is 2. The number of rotatable bonds is 5. The van der Waals surface area contributed by atoms with Gasteiger partial charge < -0.3 is 10.6 Å². The second-order valence-electron chi connectivity index (χ2n) is 5.47. The molecule has 118 valence electrons. The van der Waals surface area contributed by atoms with Gasteiger partial charge in [-0.3, -0.25) is 14.9 Å². The highest BCUT2D eigenvalue weighted by molar-refractivity contribution is 6.04. The normalized spacial score (nSPS) is 17.0. The largest absolute Gasteiger partial charge is 0.352 e. The van der Waals surface area contributed by atoms with Crippen molar-refractivity contribution in [2.24, 2.45) is 0 Å². The molecule has 1 atom stereocenters. The predicted molar refractivity (Wildman–Crippen MR) is 85.5 cm³/mol. The van der Waals surface area contributed by atoms with Gasteiger partial charge in [-0.2, -0.15) is 0 Å². The monoisotopic (exact) mass is 311 g/mol. The molecule has 0 aliphatic carbocycles. The predicted octanol–water partition coefficient (Wildman–Crippen LogP) is 1.44. The molecule has 6 nitrogen and oxygen atoms in total. The summed E-state index contributed by atoms with van der Waals surface area (Å²) >= 11 is 0. The molecule has 6 heteroatoms. The van der Waals surface area contributed by atoms with E-state index in [9.17, 15) is 14.4 Å². The quantitative estimate of drug-likeness (QED) is 0.730. The molecule has 1 saturated heterocycles. The number of nitrogens with one attached hydrogen (secondary N) is 3. The Morgan fingerprint density at radius 1 is 1.09 bits per heavy atom. The first-order valence-corrected chi connectivity index (χ1v) is 7.48. The van der Waals surface area contributed by atoms with E-state index in [0.29, 0.717) is 13.0 Å². The van der Waals surface area contributed by atoms with Gasteiger partial charge in [0, 0.05) is 13.0 Å². The van der Waals surface area contributed by atoms with Crippen LogP contribution in [-0.4, -0.2) is 23.9 Å². The fourth-order valence-corrected chi connectivity index (χ4v) is 2.67. The lowest BCUT2D eigenvalue weighted by Crippen LogP contribution is -2.31. The Labute approximate surface area is 133 Å². The van der Waals surface area contributed by atoms with E-state index >= 15 is 0 Å². The molecule has 3 rings (SSSR count). The van der Waals surface area contributed by atoms with Gasteiger partial charge in [0.15, 0.2) is 0 Å². The van der Waals surface area contributed by atoms with Crippen LogP contribution in [0.1, 0.15) is 18.4 Å². The van der Waals surface area contributed by atoms with Crippen LogP contribution in [0.4, 0.5) is 4.79 Å². The molecule has 0 radical (unpaired) electrons. The average Bonchev–Trinajstić information content (AvgIpc) is 2.88. The van der Waals surface area contributed by atoms with E-state index in [2.05, 4.69) is 16.0 Å². The minimum absolute atomic E-state index is 0.146. The van der Waals surface area contributed by atoms with Crippen LogP contribution >= 0.6 is 0 Å². The molecule has 1 aliphatic rings. The molecule has 1 fully saturated rings. The van der Waals surface area contributed by atoms with Gasteiger partial charge >= 0.3 is 6.03 Å². The van der Waals surface area contributed by atoms with Crippen molar-refractivity contribution in [1.29, 1.82) is 0 Å². The van der Waals surface area contributed by atoms with Gasteiger partial charge in [0.05, 0.1) is 0 Å². The number of carbonyl (C=O) groups is 3. The molecule has 1 heterocycles. The van der Waals surface area contributed by atoms with Crippen LogP contribution in [0.15, 0.2) is 42.5 Å². The Bertz CT molecular complexity index is 767. The molecule has 2 aromatic carbocycles. The molecule has 2 aromatic rings. The van der Waals surface area contributed by atoms with Gasteiger partial charge in [-0.15, -0.1) is 0 Å². The fraction of sp³-hybridized carbons (Fsp3) is 0.235. The third-order valence-electron chi connectivity index (χ3n) is 3.87. The molecule has 0 aromatic heterocycles. The lowest BCUT2D eigenvalue weighted by atomic mass is 10.0. The van der Waals surface area contributed by atoms with Crippen LogP contribution in [-0.2, 0) is 16.1 Å². The molecule has 0 spiro atoms. The molecule has 0 unspecified atom stereocenters. The third-order valence-corrected chi connectivity index (χ3v) is 3.87. The van der Waals surface area contributed by atoms with Gasteiger partial charge in [0.25, 0.3) is 5.91 Å². The standard InChI is InChI=1S/C17H17N3O3/c21-15(9-8-14-16(22)20-17(23)19-14)18-10-12-6-3-5-11-4-1-2-7-13(11)12/h1-7,14H,8-10H2,(H,18,21)(H2,19,20,22,23)/t14-/m0/s1. The minimum Gasteiger partial charge on any atom is -0.352 e. The number of hydrogen-bond acceptors (Lipinski definition) is 3. The van der Waals surface area contributed by atoms with Crippen LogP contribution in [0, 0.1) is 0 Å². The van der Waals surface area contributed by atoms with E-state index in [1.807, 2.05) is 42.5 Å². The van der Waals surface area contributed by atoms with E-state index in [-0.39, 0.29) is 18.2 Å². The SMILES string of the molecule is O=C(CC[C@@H]1NC(=O)NC1=O)NCc1cccc2ccccc12. The Morgan fingerprint density at radius 2 is 1.87 bits per heavy atom. The van der Waals surface area contributed by atoms with Gasteiger partial charge in [0.1, 0.15) is 6.04 Å². The molecule has 0 bridgehead atoms. The smallest absolute Gasteiger partial charge is 0.322 e. The van der Waals surface area contributed by atoms with Crippen molar-refractivity contribution in [1.82, 2.24) is 16.0 Å². The molecule has 0 saturated carbocycles. The highest BCUT2D eigenvalue weighted by Gasteiger charge is 2.29. The Morgan fingerprint density at radius 3 is 2.65 bits per heavy atom. The lowest BCUT2D eigenvalue weighted by molar-refractivity contribution is -0.122.